The van der Waals surface area contributed by atoms with E-state index in [2.05, 4.69) is 24.9 Å². The predicted molar refractivity (Wildman–Crippen MR) is 61.9 cm³/mol. The number of nitrogens with one attached hydrogen (secondary N) is 1. The van der Waals surface area contributed by atoms with Gasteiger partial charge in [0, 0.05) is 6.20 Å². The van der Waals surface area contributed by atoms with Gasteiger partial charge >= 0.3 is 0 Å². The maximum absolute atomic E-state index is 5.72. The van der Waals surface area contributed by atoms with E-state index in [-0.39, 0.29) is 0 Å². The molecule has 0 aliphatic carbocycles. The van der Waals surface area contributed by atoms with E-state index in [0.717, 1.165) is 15.7 Å². The fraction of sp³-hybridized carbons (Fsp3) is 0.111. The minimum absolute atomic E-state index is 0.407. The third-order valence-electron chi connectivity index (χ3n) is 2.17. The van der Waals surface area contributed by atoms with E-state index in [0.29, 0.717) is 17.0 Å². The SMILES string of the molecule is Cc1ncc(-c2nc3ncnc(N)c3[nH]2)s1. The predicted octanol–water partition coefficient (Wildman–Crippen LogP) is 1.37. The zero-order valence-corrected chi connectivity index (χ0v) is 9.25. The summed E-state index contributed by atoms with van der Waals surface area (Å²) in [7, 11) is 0. The van der Waals surface area contributed by atoms with E-state index in [9.17, 15) is 0 Å². The Bertz CT molecular complexity index is 655. The summed E-state index contributed by atoms with van der Waals surface area (Å²) >= 11 is 1.57. The molecule has 80 valence electrons. The largest absolute Gasteiger partial charge is 0.382 e. The van der Waals surface area contributed by atoms with Crippen LogP contribution in [0.5, 0.6) is 0 Å². The van der Waals surface area contributed by atoms with Crippen LogP contribution in [0, 0.1) is 6.92 Å². The van der Waals surface area contributed by atoms with E-state index in [1.54, 1.807) is 17.5 Å². The Morgan fingerprint density at radius 3 is 2.88 bits per heavy atom. The van der Waals surface area contributed by atoms with Gasteiger partial charge in [0.15, 0.2) is 17.3 Å². The molecule has 0 aromatic carbocycles. The van der Waals surface area contributed by atoms with E-state index >= 15 is 0 Å². The van der Waals surface area contributed by atoms with Gasteiger partial charge in [-0.25, -0.2) is 19.9 Å². The second kappa shape index (κ2) is 3.24. The first-order valence-electron chi connectivity index (χ1n) is 4.63. The van der Waals surface area contributed by atoms with E-state index < -0.39 is 0 Å². The molecule has 0 unspecified atom stereocenters. The number of aromatic amines is 1. The summed E-state index contributed by atoms with van der Waals surface area (Å²) in [6.07, 6.45) is 3.18. The highest BCUT2D eigenvalue weighted by Crippen LogP contribution is 2.25. The van der Waals surface area contributed by atoms with Gasteiger partial charge in [0.1, 0.15) is 11.8 Å². The van der Waals surface area contributed by atoms with E-state index in [1.165, 1.54) is 6.33 Å². The minimum Gasteiger partial charge on any atom is -0.382 e. The molecule has 7 heteroatoms. The van der Waals surface area contributed by atoms with Gasteiger partial charge in [-0.2, -0.15) is 0 Å². The molecule has 16 heavy (non-hydrogen) atoms. The molecule has 0 spiro atoms. The molecule has 3 N–H and O–H groups in total. The third kappa shape index (κ3) is 1.33. The van der Waals surface area contributed by atoms with Gasteiger partial charge in [-0.3, -0.25) is 0 Å². The van der Waals surface area contributed by atoms with Crippen LogP contribution in [0.4, 0.5) is 5.82 Å². The van der Waals surface area contributed by atoms with Crippen molar-refractivity contribution >= 4 is 28.3 Å². The summed E-state index contributed by atoms with van der Waals surface area (Å²) in [5.74, 6) is 1.14. The highest BCUT2D eigenvalue weighted by Gasteiger charge is 2.10. The molecule has 0 atom stereocenters. The van der Waals surface area contributed by atoms with Gasteiger partial charge in [0.05, 0.1) is 9.88 Å². The Hall–Kier alpha value is -2.02. The van der Waals surface area contributed by atoms with Crippen LogP contribution < -0.4 is 5.73 Å². The second-order valence-electron chi connectivity index (χ2n) is 3.29. The number of rotatable bonds is 1. The monoisotopic (exact) mass is 232 g/mol. The summed E-state index contributed by atoms with van der Waals surface area (Å²) in [5.41, 5.74) is 6.97. The smallest absolute Gasteiger partial charge is 0.183 e. The van der Waals surface area contributed by atoms with Gasteiger partial charge in [-0.1, -0.05) is 0 Å². The first kappa shape index (κ1) is 9.22. The van der Waals surface area contributed by atoms with Gasteiger partial charge < -0.3 is 10.7 Å². The molecule has 0 aliphatic rings. The van der Waals surface area contributed by atoms with Crippen LogP contribution in [-0.4, -0.2) is 24.9 Å². The van der Waals surface area contributed by atoms with Gasteiger partial charge in [-0.15, -0.1) is 11.3 Å². The van der Waals surface area contributed by atoms with Crippen molar-refractivity contribution in [2.24, 2.45) is 0 Å². The zero-order chi connectivity index (χ0) is 11.1. The molecule has 0 aliphatic heterocycles. The number of hydrogen-bond acceptors (Lipinski definition) is 6. The average Bonchev–Trinajstić information content (AvgIpc) is 2.84. The normalized spacial score (nSPS) is 11.1. The average molecular weight is 232 g/mol. The maximum Gasteiger partial charge on any atom is 0.183 e. The topological polar surface area (TPSA) is 93.4 Å². The van der Waals surface area contributed by atoms with E-state index in [4.69, 9.17) is 5.73 Å². The van der Waals surface area contributed by atoms with Crippen LogP contribution in [0.3, 0.4) is 0 Å². The lowest BCUT2D eigenvalue weighted by Gasteiger charge is -1.89. The molecule has 0 saturated carbocycles. The Labute approximate surface area is 94.6 Å². The molecular weight excluding hydrogens is 224 g/mol. The van der Waals surface area contributed by atoms with Crippen LogP contribution in [-0.2, 0) is 0 Å². The fourth-order valence-electron chi connectivity index (χ4n) is 1.43. The zero-order valence-electron chi connectivity index (χ0n) is 8.43. The van der Waals surface area contributed by atoms with Crippen molar-refractivity contribution in [1.82, 2.24) is 24.9 Å². The van der Waals surface area contributed by atoms with Gasteiger partial charge in [-0.05, 0) is 6.92 Å². The second-order valence-corrected chi connectivity index (χ2v) is 4.52. The maximum atomic E-state index is 5.72. The first-order chi connectivity index (χ1) is 7.74. The first-order valence-corrected chi connectivity index (χ1v) is 5.44. The van der Waals surface area contributed by atoms with Gasteiger partial charge in [0.2, 0.25) is 0 Å². The highest BCUT2D eigenvalue weighted by atomic mass is 32.1. The molecule has 0 amide bonds. The number of thiazole rings is 1. The van der Waals surface area contributed by atoms with Crippen molar-refractivity contribution in [3.63, 3.8) is 0 Å². The number of hydrogen-bond donors (Lipinski definition) is 2. The summed E-state index contributed by atoms with van der Waals surface area (Å²) < 4.78 is 0. The Balaban J connectivity index is 2.22. The Morgan fingerprint density at radius 1 is 1.31 bits per heavy atom. The molecule has 0 fully saturated rings. The number of fused-ring (bicyclic) bond motifs is 1. The Morgan fingerprint density at radius 2 is 2.19 bits per heavy atom. The Kier molecular flexibility index (Phi) is 1.87. The van der Waals surface area contributed by atoms with Crippen molar-refractivity contribution < 1.29 is 0 Å². The highest BCUT2D eigenvalue weighted by molar-refractivity contribution is 7.14. The molecule has 0 bridgehead atoms. The molecule has 3 aromatic heterocycles. The number of nitrogens with zero attached hydrogens (tertiary/aromatic N) is 4. The summed E-state index contributed by atoms with van der Waals surface area (Å²) in [5, 5.41) is 0.995. The van der Waals surface area contributed by atoms with Crippen LogP contribution in [0.2, 0.25) is 0 Å². The number of nitrogens with two attached hydrogens (primary N) is 1. The molecule has 3 heterocycles. The van der Waals surface area contributed by atoms with Crippen LogP contribution in [0.1, 0.15) is 5.01 Å². The molecule has 0 radical (unpaired) electrons. The fourth-order valence-corrected chi connectivity index (χ4v) is 2.16. The van der Waals surface area contributed by atoms with E-state index in [1.807, 2.05) is 6.92 Å². The third-order valence-corrected chi connectivity index (χ3v) is 3.09. The number of H-pyrrole nitrogens is 1. The van der Waals surface area contributed by atoms with Crippen molar-refractivity contribution in [3.8, 4) is 10.7 Å². The lowest BCUT2D eigenvalue weighted by molar-refractivity contribution is 1.21. The number of imidazole rings is 1. The van der Waals surface area contributed by atoms with Crippen molar-refractivity contribution in [3.05, 3.63) is 17.5 Å². The van der Waals surface area contributed by atoms with Crippen molar-refractivity contribution in [1.29, 1.82) is 0 Å². The van der Waals surface area contributed by atoms with Crippen LogP contribution >= 0.6 is 11.3 Å². The number of nitrogen functional groups attached to an aromatic ring is 1. The lowest BCUT2D eigenvalue weighted by atomic mass is 10.5. The summed E-state index contributed by atoms with van der Waals surface area (Å²) in [6, 6.07) is 0. The van der Waals surface area contributed by atoms with Gasteiger partial charge in [0.25, 0.3) is 0 Å². The molecule has 3 aromatic rings. The number of aromatic nitrogens is 5. The standard InChI is InChI=1S/C9H8N6S/c1-4-11-2-5(16-4)8-14-6-7(10)12-3-13-9(6)15-8/h2-3H,1H3,(H3,10,12,13,14,15). The number of anilines is 1. The van der Waals surface area contributed by atoms with Crippen molar-refractivity contribution in [2.45, 2.75) is 6.92 Å². The summed E-state index contributed by atoms with van der Waals surface area (Å²) in [6.45, 7) is 1.95. The quantitative estimate of drug-likeness (QED) is 0.660. The number of aryl methyl sites for hydroxylation is 1. The minimum atomic E-state index is 0.407. The molecule has 6 nitrogen and oxygen atoms in total. The lowest BCUT2D eigenvalue weighted by Crippen LogP contribution is -1.91. The summed E-state index contributed by atoms with van der Waals surface area (Å²) in [4.78, 5) is 20.5. The van der Waals surface area contributed by atoms with Crippen LogP contribution in [0.25, 0.3) is 21.9 Å². The molecule has 0 saturated heterocycles. The molecule has 3 rings (SSSR count). The molecular formula is C9H8N6S. The van der Waals surface area contributed by atoms with Crippen molar-refractivity contribution in [2.75, 3.05) is 5.73 Å². The van der Waals surface area contributed by atoms with Crippen LogP contribution in [0.15, 0.2) is 12.5 Å².